The van der Waals surface area contributed by atoms with E-state index < -0.39 is 11.6 Å². The van der Waals surface area contributed by atoms with E-state index in [2.05, 4.69) is 25.4 Å². The summed E-state index contributed by atoms with van der Waals surface area (Å²) >= 11 is 0. The molecule has 4 aromatic rings. The van der Waals surface area contributed by atoms with Crippen LogP contribution in [0.2, 0.25) is 0 Å². The first kappa shape index (κ1) is 19.9. The van der Waals surface area contributed by atoms with E-state index in [0.29, 0.717) is 11.4 Å². The number of nitrogens with zero attached hydrogens (tertiary/aromatic N) is 5. The van der Waals surface area contributed by atoms with Crippen molar-refractivity contribution in [2.24, 2.45) is 5.41 Å². The molecule has 156 valence electrons. The zero-order valence-corrected chi connectivity index (χ0v) is 16.5. The third-order valence-corrected chi connectivity index (χ3v) is 4.98. The molecule has 0 radical (unpaired) electrons. The molecule has 3 heterocycles. The molecule has 30 heavy (non-hydrogen) atoms. The number of hydrogen-bond acceptors (Lipinski definition) is 6. The van der Waals surface area contributed by atoms with E-state index in [-0.39, 0.29) is 12.5 Å². The van der Waals surface area contributed by atoms with E-state index in [1.165, 1.54) is 6.33 Å². The fourth-order valence-corrected chi connectivity index (χ4v) is 2.99. The van der Waals surface area contributed by atoms with Crippen LogP contribution in [0.5, 0.6) is 5.88 Å². The molecular formula is C20H19F3N6O. The topological polar surface area (TPSA) is 77.2 Å². The smallest absolute Gasteiger partial charge is 0.395 e. The summed E-state index contributed by atoms with van der Waals surface area (Å²) in [6.07, 6.45) is 0.423. The molecule has 1 N–H and O–H groups in total. The predicted octanol–water partition coefficient (Wildman–Crippen LogP) is 4.35. The van der Waals surface area contributed by atoms with Gasteiger partial charge in [-0.15, -0.1) is 5.10 Å². The molecule has 7 nitrogen and oxygen atoms in total. The van der Waals surface area contributed by atoms with Gasteiger partial charge in [0.1, 0.15) is 6.33 Å². The lowest BCUT2D eigenvalue weighted by Gasteiger charge is -2.27. The minimum Gasteiger partial charge on any atom is -0.480 e. The number of methoxy groups -OCH3 is 1. The van der Waals surface area contributed by atoms with Crippen LogP contribution < -0.4 is 10.1 Å². The Labute approximate surface area is 169 Å². The highest BCUT2D eigenvalue weighted by Gasteiger charge is 2.47. The lowest BCUT2D eigenvalue weighted by atomic mass is 9.93. The normalized spacial score (nSPS) is 12.5. The van der Waals surface area contributed by atoms with E-state index in [1.807, 2.05) is 24.3 Å². The minimum absolute atomic E-state index is 0.121. The number of ether oxygens (including phenoxy) is 1. The van der Waals surface area contributed by atoms with Crippen LogP contribution in [0.4, 0.5) is 19.1 Å². The lowest BCUT2D eigenvalue weighted by Crippen LogP contribution is -2.38. The monoisotopic (exact) mass is 416 g/mol. The van der Waals surface area contributed by atoms with Crippen molar-refractivity contribution < 1.29 is 17.9 Å². The molecule has 0 bridgehead atoms. The SMILES string of the molecule is COc1ncnc2ccc(-c3ccn4nc(NCC(C)(C)C(F)(F)F)ncc34)cc12. The molecule has 3 aromatic heterocycles. The molecule has 0 aliphatic heterocycles. The van der Waals surface area contributed by atoms with Gasteiger partial charge >= 0.3 is 6.18 Å². The first-order valence-electron chi connectivity index (χ1n) is 9.14. The van der Waals surface area contributed by atoms with Gasteiger partial charge in [0.2, 0.25) is 11.8 Å². The van der Waals surface area contributed by atoms with Crippen LogP contribution in [0.25, 0.3) is 27.5 Å². The fraction of sp³-hybridized carbons (Fsp3) is 0.300. The number of halogens is 3. The Morgan fingerprint density at radius 1 is 1.10 bits per heavy atom. The van der Waals surface area contributed by atoms with Crippen molar-refractivity contribution in [2.75, 3.05) is 19.0 Å². The first-order chi connectivity index (χ1) is 14.2. The molecule has 0 saturated heterocycles. The molecular weight excluding hydrogens is 397 g/mol. The van der Waals surface area contributed by atoms with Crippen LogP contribution in [-0.4, -0.2) is 44.4 Å². The molecule has 10 heteroatoms. The largest absolute Gasteiger partial charge is 0.480 e. The number of anilines is 1. The Morgan fingerprint density at radius 3 is 2.63 bits per heavy atom. The molecule has 0 aliphatic carbocycles. The summed E-state index contributed by atoms with van der Waals surface area (Å²) in [5.74, 6) is 0.593. The Balaban J connectivity index is 1.65. The third kappa shape index (κ3) is 3.49. The zero-order chi connectivity index (χ0) is 21.5. The Morgan fingerprint density at radius 2 is 1.90 bits per heavy atom. The number of hydrogen-bond donors (Lipinski definition) is 1. The Kier molecular flexibility index (Phi) is 4.71. The summed E-state index contributed by atoms with van der Waals surface area (Å²) in [7, 11) is 1.55. The maximum absolute atomic E-state index is 13.0. The molecule has 0 amide bonds. The van der Waals surface area contributed by atoms with Gasteiger partial charge < -0.3 is 10.1 Å². The summed E-state index contributed by atoms with van der Waals surface area (Å²) in [6.45, 7) is 1.93. The lowest BCUT2D eigenvalue weighted by molar-refractivity contribution is -0.206. The van der Waals surface area contributed by atoms with Crippen molar-refractivity contribution in [1.82, 2.24) is 24.6 Å². The molecule has 0 aliphatic rings. The van der Waals surface area contributed by atoms with E-state index in [4.69, 9.17) is 4.74 Å². The van der Waals surface area contributed by atoms with Gasteiger partial charge in [0.25, 0.3) is 0 Å². The molecule has 0 atom stereocenters. The molecule has 0 saturated carbocycles. The number of benzene rings is 1. The Hall–Kier alpha value is -3.43. The highest BCUT2D eigenvalue weighted by Crippen LogP contribution is 2.37. The van der Waals surface area contributed by atoms with Gasteiger partial charge in [-0.05, 0) is 37.6 Å². The van der Waals surface area contributed by atoms with E-state index in [1.54, 1.807) is 24.0 Å². The second-order valence-electron chi connectivity index (χ2n) is 7.49. The number of rotatable bonds is 5. The van der Waals surface area contributed by atoms with Crippen molar-refractivity contribution in [3.8, 4) is 17.0 Å². The van der Waals surface area contributed by atoms with E-state index in [9.17, 15) is 13.2 Å². The van der Waals surface area contributed by atoms with Crippen LogP contribution in [0, 0.1) is 5.41 Å². The average molecular weight is 416 g/mol. The quantitative estimate of drug-likeness (QED) is 0.521. The molecule has 0 spiro atoms. The maximum Gasteiger partial charge on any atom is 0.395 e. The third-order valence-electron chi connectivity index (χ3n) is 4.98. The summed E-state index contributed by atoms with van der Waals surface area (Å²) in [6, 6.07) is 7.57. The van der Waals surface area contributed by atoms with E-state index in [0.717, 1.165) is 35.9 Å². The van der Waals surface area contributed by atoms with Gasteiger partial charge in [-0.1, -0.05) is 6.07 Å². The second-order valence-corrected chi connectivity index (χ2v) is 7.49. The fourth-order valence-electron chi connectivity index (χ4n) is 2.99. The molecule has 0 fully saturated rings. The second kappa shape index (κ2) is 7.12. The van der Waals surface area contributed by atoms with Crippen LogP contribution in [-0.2, 0) is 0 Å². The molecule has 1 aromatic carbocycles. The first-order valence-corrected chi connectivity index (χ1v) is 9.14. The zero-order valence-electron chi connectivity index (χ0n) is 16.5. The van der Waals surface area contributed by atoms with Crippen molar-refractivity contribution in [2.45, 2.75) is 20.0 Å². The van der Waals surface area contributed by atoms with Gasteiger partial charge in [0.15, 0.2) is 0 Å². The molecule has 0 unspecified atom stereocenters. The summed E-state index contributed by atoms with van der Waals surface area (Å²) < 4.78 is 46.0. The van der Waals surface area contributed by atoms with Crippen molar-refractivity contribution in [1.29, 1.82) is 0 Å². The number of nitrogens with one attached hydrogen (secondary N) is 1. The van der Waals surface area contributed by atoms with E-state index >= 15 is 0 Å². The minimum atomic E-state index is -4.33. The van der Waals surface area contributed by atoms with Gasteiger partial charge in [0.05, 0.1) is 35.1 Å². The average Bonchev–Trinajstić information content (AvgIpc) is 3.14. The predicted molar refractivity (Wildman–Crippen MR) is 106 cm³/mol. The number of fused-ring (bicyclic) bond motifs is 2. The van der Waals surface area contributed by atoms with Crippen LogP contribution in [0.1, 0.15) is 13.8 Å². The number of alkyl halides is 3. The van der Waals surface area contributed by atoms with Crippen molar-refractivity contribution >= 4 is 22.4 Å². The van der Waals surface area contributed by atoms with Gasteiger partial charge in [0, 0.05) is 18.3 Å². The summed E-state index contributed by atoms with van der Waals surface area (Å²) in [5, 5.41) is 7.72. The number of aromatic nitrogens is 5. The highest BCUT2D eigenvalue weighted by atomic mass is 19.4. The van der Waals surface area contributed by atoms with Crippen molar-refractivity contribution in [3.63, 3.8) is 0 Å². The maximum atomic E-state index is 13.0. The van der Waals surface area contributed by atoms with Gasteiger partial charge in [-0.3, -0.25) is 0 Å². The summed E-state index contributed by atoms with van der Waals surface area (Å²) in [5.41, 5.74) is 1.32. The van der Waals surface area contributed by atoms with Crippen LogP contribution in [0.3, 0.4) is 0 Å². The standard InChI is InChI=1S/C20H19F3N6O/c1-19(2,20(21,22)23)10-25-18-24-9-16-13(6-7-29(16)28-18)12-4-5-15-14(8-12)17(30-3)27-11-26-15/h4-9,11H,10H2,1-3H3,(H,25,28). The van der Waals surface area contributed by atoms with Gasteiger partial charge in [-0.2, -0.15) is 13.2 Å². The van der Waals surface area contributed by atoms with Crippen LogP contribution in [0.15, 0.2) is 43.0 Å². The van der Waals surface area contributed by atoms with Crippen LogP contribution >= 0.6 is 0 Å². The highest BCUT2D eigenvalue weighted by molar-refractivity contribution is 5.91. The Bertz CT molecular complexity index is 1220. The van der Waals surface area contributed by atoms with Crippen molar-refractivity contribution in [3.05, 3.63) is 43.0 Å². The summed E-state index contributed by atoms with van der Waals surface area (Å²) in [4.78, 5) is 12.5. The molecule has 4 rings (SSSR count). The van der Waals surface area contributed by atoms with Gasteiger partial charge in [-0.25, -0.2) is 19.5 Å².